The molecule has 2 aromatic carbocycles. The van der Waals surface area contributed by atoms with Crippen molar-refractivity contribution in [3.63, 3.8) is 0 Å². The summed E-state index contributed by atoms with van der Waals surface area (Å²) in [6.45, 7) is 2.30. The molecule has 0 aliphatic heterocycles. The maximum absolute atomic E-state index is 11.4. The molecule has 0 aromatic heterocycles. The summed E-state index contributed by atoms with van der Waals surface area (Å²) >= 11 is 0. The first-order valence-corrected chi connectivity index (χ1v) is 7.99. The van der Waals surface area contributed by atoms with E-state index in [1.807, 2.05) is 18.2 Å². The number of para-hydroxylation sites is 1. The smallest absolute Gasteiger partial charge is 0.427 e. The summed E-state index contributed by atoms with van der Waals surface area (Å²) in [5, 5.41) is 3.84. The van der Waals surface area contributed by atoms with Gasteiger partial charge in [0.15, 0.2) is 0 Å². The Morgan fingerprint density at radius 3 is 2.54 bits per heavy atom. The number of nitrogens with one attached hydrogen (secondary N) is 1. The number of carbonyl (C=O) groups is 2. The van der Waals surface area contributed by atoms with E-state index in [0.717, 1.165) is 5.56 Å². The highest BCUT2D eigenvalue weighted by Crippen LogP contribution is 2.18. The van der Waals surface area contributed by atoms with Gasteiger partial charge in [-0.3, -0.25) is 0 Å². The van der Waals surface area contributed by atoms with Gasteiger partial charge in [0.25, 0.3) is 0 Å². The lowest BCUT2D eigenvalue weighted by Gasteiger charge is -2.09. The van der Waals surface area contributed by atoms with Crippen molar-refractivity contribution in [3.8, 4) is 5.75 Å². The molecule has 7 nitrogen and oxygen atoms in total. The minimum atomic E-state index is -0.618. The second-order valence-electron chi connectivity index (χ2n) is 5.11. The van der Waals surface area contributed by atoms with Crippen molar-refractivity contribution in [3.05, 3.63) is 65.2 Å². The summed E-state index contributed by atoms with van der Waals surface area (Å²) in [5.41, 5.74) is 4.35. The van der Waals surface area contributed by atoms with Crippen molar-refractivity contribution in [2.45, 2.75) is 13.5 Å². The lowest BCUT2D eigenvalue weighted by Crippen LogP contribution is -2.18. The van der Waals surface area contributed by atoms with Gasteiger partial charge in [-0.1, -0.05) is 24.3 Å². The van der Waals surface area contributed by atoms with Crippen LogP contribution >= 0.6 is 0 Å². The number of esters is 1. The molecule has 136 valence electrons. The second kappa shape index (κ2) is 9.83. The van der Waals surface area contributed by atoms with Gasteiger partial charge in [-0.05, 0) is 36.8 Å². The molecule has 0 heterocycles. The molecule has 0 unspecified atom stereocenters. The third kappa shape index (κ3) is 5.62. The van der Waals surface area contributed by atoms with Crippen LogP contribution in [0.1, 0.15) is 28.4 Å². The van der Waals surface area contributed by atoms with Gasteiger partial charge in [0.1, 0.15) is 12.4 Å². The summed E-state index contributed by atoms with van der Waals surface area (Å²) < 4.78 is 15.2. The molecule has 7 heteroatoms. The Balaban J connectivity index is 1.98. The zero-order valence-electron chi connectivity index (χ0n) is 14.6. The van der Waals surface area contributed by atoms with Gasteiger partial charge < -0.3 is 14.2 Å². The quantitative estimate of drug-likeness (QED) is 0.468. The van der Waals surface area contributed by atoms with Crippen molar-refractivity contribution in [1.29, 1.82) is 0 Å². The molecule has 1 amide bonds. The van der Waals surface area contributed by atoms with E-state index in [9.17, 15) is 9.59 Å². The fourth-order valence-electron chi connectivity index (χ4n) is 2.05. The first-order chi connectivity index (χ1) is 12.6. The van der Waals surface area contributed by atoms with E-state index in [0.29, 0.717) is 23.5 Å². The second-order valence-corrected chi connectivity index (χ2v) is 5.11. The summed E-state index contributed by atoms with van der Waals surface area (Å²) in [7, 11) is 1.34. The summed E-state index contributed by atoms with van der Waals surface area (Å²) in [6, 6.07) is 14.2. The Morgan fingerprint density at radius 2 is 1.85 bits per heavy atom. The van der Waals surface area contributed by atoms with E-state index in [1.165, 1.54) is 13.3 Å². The van der Waals surface area contributed by atoms with Crippen LogP contribution in [0.2, 0.25) is 0 Å². The monoisotopic (exact) mass is 356 g/mol. The van der Waals surface area contributed by atoms with Gasteiger partial charge in [-0.25, -0.2) is 15.0 Å². The number of hydrogen-bond acceptors (Lipinski definition) is 6. The lowest BCUT2D eigenvalue weighted by atomic mass is 10.1. The van der Waals surface area contributed by atoms with Gasteiger partial charge in [0, 0.05) is 5.56 Å². The van der Waals surface area contributed by atoms with Gasteiger partial charge in [0.2, 0.25) is 0 Å². The number of benzene rings is 2. The number of ether oxygens (including phenoxy) is 3. The molecular weight excluding hydrogens is 336 g/mol. The molecule has 0 bridgehead atoms. The maximum Gasteiger partial charge on any atom is 0.427 e. The standard InChI is InChI=1S/C19H20N2O5/c1-3-25-19(23)21-20-12-16-6-4-5-7-17(16)26-13-14-8-10-15(11-9-14)18(22)24-2/h4-12H,3,13H2,1-2H3,(H,21,23)/b20-12-. The molecule has 0 fully saturated rings. The van der Waals surface area contributed by atoms with Gasteiger partial charge >= 0.3 is 12.1 Å². The third-order valence-electron chi connectivity index (χ3n) is 3.32. The summed E-state index contributed by atoms with van der Waals surface area (Å²) in [4.78, 5) is 22.6. The average molecular weight is 356 g/mol. The molecule has 0 saturated heterocycles. The molecule has 0 atom stereocenters. The molecule has 2 rings (SSSR count). The number of carbonyl (C=O) groups excluding carboxylic acids is 2. The number of hydrogen-bond donors (Lipinski definition) is 1. The molecular formula is C19H20N2O5. The Labute approximate surface area is 151 Å². The number of methoxy groups -OCH3 is 1. The van der Waals surface area contributed by atoms with Crippen LogP contribution in [0.3, 0.4) is 0 Å². The highest BCUT2D eigenvalue weighted by atomic mass is 16.5. The molecule has 0 saturated carbocycles. The van der Waals surface area contributed by atoms with E-state index in [-0.39, 0.29) is 12.6 Å². The van der Waals surface area contributed by atoms with Gasteiger partial charge in [-0.15, -0.1) is 0 Å². The van der Waals surface area contributed by atoms with Crippen LogP contribution in [0.5, 0.6) is 5.75 Å². The molecule has 26 heavy (non-hydrogen) atoms. The number of hydrazone groups is 1. The summed E-state index contributed by atoms with van der Waals surface area (Å²) in [6.07, 6.45) is 0.861. The van der Waals surface area contributed by atoms with Gasteiger partial charge in [-0.2, -0.15) is 5.10 Å². The first-order valence-electron chi connectivity index (χ1n) is 7.99. The van der Waals surface area contributed by atoms with Crippen LogP contribution in [0.15, 0.2) is 53.6 Å². The zero-order chi connectivity index (χ0) is 18.8. The lowest BCUT2D eigenvalue weighted by molar-refractivity contribution is 0.0600. The molecule has 0 radical (unpaired) electrons. The Morgan fingerprint density at radius 1 is 1.12 bits per heavy atom. The van der Waals surface area contributed by atoms with E-state index in [2.05, 4.69) is 15.3 Å². The first kappa shape index (κ1) is 19.0. The SMILES string of the molecule is CCOC(=O)N/N=C\c1ccccc1OCc1ccc(C(=O)OC)cc1. The maximum atomic E-state index is 11.4. The number of nitrogens with zero attached hydrogens (tertiary/aromatic N) is 1. The number of rotatable bonds is 7. The molecule has 0 aliphatic carbocycles. The van der Waals surface area contributed by atoms with Crippen LogP contribution in [-0.2, 0) is 16.1 Å². The normalized spacial score (nSPS) is 10.4. The third-order valence-corrected chi connectivity index (χ3v) is 3.32. The van der Waals surface area contributed by atoms with Crippen LogP contribution in [-0.4, -0.2) is 32.0 Å². The minimum Gasteiger partial charge on any atom is -0.488 e. The fraction of sp³-hybridized carbons (Fsp3) is 0.211. The average Bonchev–Trinajstić information content (AvgIpc) is 2.67. The van der Waals surface area contributed by atoms with Crippen molar-refractivity contribution >= 4 is 18.3 Å². The molecule has 0 aliphatic rings. The van der Waals surface area contributed by atoms with Crippen molar-refractivity contribution in [1.82, 2.24) is 5.43 Å². The highest BCUT2D eigenvalue weighted by molar-refractivity contribution is 5.89. The van der Waals surface area contributed by atoms with Crippen molar-refractivity contribution in [2.75, 3.05) is 13.7 Å². The number of amides is 1. The van der Waals surface area contributed by atoms with Crippen LogP contribution in [0.25, 0.3) is 0 Å². The minimum absolute atomic E-state index is 0.274. The predicted octanol–water partition coefficient (Wildman–Crippen LogP) is 3.13. The Kier molecular flexibility index (Phi) is 7.17. The summed E-state index contributed by atoms with van der Waals surface area (Å²) in [5.74, 6) is 0.229. The highest BCUT2D eigenvalue weighted by Gasteiger charge is 2.06. The Hall–Kier alpha value is -3.35. The van der Waals surface area contributed by atoms with Crippen LogP contribution in [0.4, 0.5) is 4.79 Å². The molecule has 0 spiro atoms. The fourth-order valence-corrected chi connectivity index (χ4v) is 2.05. The van der Waals surface area contributed by atoms with Crippen LogP contribution < -0.4 is 10.2 Å². The van der Waals surface area contributed by atoms with Crippen molar-refractivity contribution < 1.29 is 23.8 Å². The predicted molar refractivity (Wildman–Crippen MR) is 96.3 cm³/mol. The molecule has 2 aromatic rings. The molecule has 1 N–H and O–H groups in total. The largest absolute Gasteiger partial charge is 0.488 e. The Bertz CT molecular complexity index is 772. The van der Waals surface area contributed by atoms with Gasteiger partial charge in [0.05, 0.1) is 25.5 Å². The topological polar surface area (TPSA) is 86.2 Å². The van der Waals surface area contributed by atoms with E-state index >= 15 is 0 Å². The van der Waals surface area contributed by atoms with E-state index in [1.54, 1.807) is 37.3 Å². The van der Waals surface area contributed by atoms with E-state index < -0.39 is 6.09 Å². The van der Waals surface area contributed by atoms with Crippen LogP contribution in [0, 0.1) is 0 Å². The van der Waals surface area contributed by atoms with Crippen molar-refractivity contribution in [2.24, 2.45) is 5.10 Å². The van der Waals surface area contributed by atoms with E-state index in [4.69, 9.17) is 9.47 Å². The zero-order valence-corrected chi connectivity index (χ0v) is 14.6.